The van der Waals surface area contributed by atoms with Gasteiger partial charge in [-0.1, -0.05) is 34.1 Å². The van der Waals surface area contributed by atoms with Crippen LogP contribution < -0.4 is 5.32 Å². The second-order valence-corrected chi connectivity index (χ2v) is 5.09. The highest BCUT2D eigenvalue weighted by molar-refractivity contribution is 5.80. The molecule has 1 aliphatic heterocycles. The van der Waals surface area contributed by atoms with E-state index < -0.39 is 0 Å². The van der Waals surface area contributed by atoms with Crippen molar-refractivity contribution >= 4 is 5.91 Å². The zero-order valence-electron chi connectivity index (χ0n) is 10.4. The summed E-state index contributed by atoms with van der Waals surface area (Å²) in [6.07, 6.45) is 2.46. The molecule has 0 saturated carbocycles. The van der Waals surface area contributed by atoms with Crippen molar-refractivity contribution in [2.75, 3.05) is 13.1 Å². The fraction of sp³-hybridized carbons (Fsp3) is 0.917. The summed E-state index contributed by atoms with van der Waals surface area (Å²) in [7, 11) is 0. The second-order valence-electron chi connectivity index (χ2n) is 5.09. The zero-order valence-corrected chi connectivity index (χ0v) is 10.4. The van der Waals surface area contributed by atoms with Crippen LogP contribution >= 0.6 is 0 Å². The van der Waals surface area contributed by atoms with Crippen molar-refractivity contribution in [1.82, 2.24) is 10.2 Å². The first-order chi connectivity index (χ1) is 7.04. The normalized spacial score (nSPS) is 23.9. The fourth-order valence-electron chi connectivity index (χ4n) is 1.94. The molecule has 0 radical (unpaired) electrons. The summed E-state index contributed by atoms with van der Waals surface area (Å²) in [6.45, 7) is 10.2. The molecule has 0 aromatic rings. The largest absolute Gasteiger partial charge is 0.326 e. The first-order valence-electron chi connectivity index (χ1n) is 6.07. The highest BCUT2D eigenvalue weighted by Gasteiger charge is 2.30. The number of carbonyl (C=O) groups excluding carboxylic acids is 1. The van der Waals surface area contributed by atoms with Crippen LogP contribution in [0, 0.1) is 11.8 Å². The first-order valence-corrected chi connectivity index (χ1v) is 6.07. The molecular formula is C12H24N2O. The lowest BCUT2D eigenvalue weighted by atomic mass is 10.1. The van der Waals surface area contributed by atoms with Crippen molar-refractivity contribution < 1.29 is 4.79 Å². The maximum Gasteiger partial charge on any atom is 0.237 e. The zero-order chi connectivity index (χ0) is 11.4. The fourth-order valence-corrected chi connectivity index (χ4v) is 1.94. The third kappa shape index (κ3) is 3.49. The molecular weight excluding hydrogens is 188 g/mol. The third-order valence-electron chi connectivity index (χ3n) is 3.09. The molecule has 0 aliphatic carbocycles. The van der Waals surface area contributed by atoms with Crippen LogP contribution in [0.5, 0.6) is 0 Å². The topological polar surface area (TPSA) is 32.3 Å². The maximum absolute atomic E-state index is 11.7. The summed E-state index contributed by atoms with van der Waals surface area (Å²) in [6, 6.07) is 0. The van der Waals surface area contributed by atoms with E-state index in [1.165, 1.54) is 0 Å². The SMILES string of the molecule is CCC(C)CN1C(=O)CNC1CC(C)C. The molecule has 0 spiro atoms. The van der Waals surface area contributed by atoms with Crippen LogP contribution in [0.1, 0.15) is 40.5 Å². The van der Waals surface area contributed by atoms with Gasteiger partial charge in [0.15, 0.2) is 0 Å². The maximum atomic E-state index is 11.7. The molecule has 1 heterocycles. The number of rotatable bonds is 5. The number of hydrogen-bond acceptors (Lipinski definition) is 2. The molecule has 1 N–H and O–H groups in total. The smallest absolute Gasteiger partial charge is 0.237 e. The van der Waals surface area contributed by atoms with Gasteiger partial charge in [0.05, 0.1) is 12.7 Å². The van der Waals surface area contributed by atoms with Crippen LogP contribution in [0.15, 0.2) is 0 Å². The Hall–Kier alpha value is -0.570. The quantitative estimate of drug-likeness (QED) is 0.754. The third-order valence-corrected chi connectivity index (χ3v) is 3.09. The Labute approximate surface area is 93.2 Å². The number of nitrogens with zero attached hydrogens (tertiary/aromatic N) is 1. The monoisotopic (exact) mass is 212 g/mol. The summed E-state index contributed by atoms with van der Waals surface area (Å²) in [5.41, 5.74) is 0. The van der Waals surface area contributed by atoms with Gasteiger partial charge in [-0.05, 0) is 18.3 Å². The molecule has 2 unspecified atom stereocenters. The van der Waals surface area contributed by atoms with Gasteiger partial charge in [-0.3, -0.25) is 10.1 Å². The van der Waals surface area contributed by atoms with Gasteiger partial charge in [-0.15, -0.1) is 0 Å². The van der Waals surface area contributed by atoms with Crippen molar-refractivity contribution in [3.63, 3.8) is 0 Å². The highest BCUT2D eigenvalue weighted by Crippen LogP contribution is 2.16. The molecule has 0 aromatic carbocycles. The molecule has 3 nitrogen and oxygen atoms in total. The van der Waals surface area contributed by atoms with E-state index in [0.717, 1.165) is 19.4 Å². The van der Waals surface area contributed by atoms with E-state index in [-0.39, 0.29) is 12.1 Å². The lowest BCUT2D eigenvalue weighted by Crippen LogP contribution is -2.40. The molecule has 1 aliphatic rings. The molecule has 15 heavy (non-hydrogen) atoms. The Balaban J connectivity index is 2.52. The molecule has 1 fully saturated rings. The number of hydrogen-bond donors (Lipinski definition) is 1. The Kier molecular flexibility index (Phi) is 4.58. The molecule has 2 atom stereocenters. The van der Waals surface area contributed by atoms with Crippen LogP contribution in [-0.4, -0.2) is 30.1 Å². The average molecular weight is 212 g/mol. The standard InChI is InChI=1S/C12H24N2O/c1-5-10(4)8-14-11(6-9(2)3)13-7-12(14)15/h9-11,13H,5-8H2,1-4H3. The summed E-state index contributed by atoms with van der Waals surface area (Å²) < 4.78 is 0. The number of nitrogens with one attached hydrogen (secondary N) is 1. The molecule has 1 saturated heterocycles. The number of amides is 1. The van der Waals surface area contributed by atoms with E-state index in [9.17, 15) is 4.79 Å². The van der Waals surface area contributed by atoms with Gasteiger partial charge in [0.25, 0.3) is 0 Å². The minimum Gasteiger partial charge on any atom is -0.326 e. The molecule has 3 heteroatoms. The van der Waals surface area contributed by atoms with Crippen LogP contribution in [0.4, 0.5) is 0 Å². The van der Waals surface area contributed by atoms with Crippen molar-refractivity contribution in [1.29, 1.82) is 0 Å². The Bertz CT molecular complexity index is 216. The molecule has 1 amide bonds. The van der Waals surface area contributed by atoms with Gasteiger partial charge in [-0.2, -0.15) is 0 Å². The Morgan fingerprint density at radius 2 is 2.13 bits per heavy atom. The van der Waals surface area contributed by atoms with Crippen LogP contribution in [0.25, 0.3) is 0 Å². The van der Waals surface area contributed by atoms with E-state index in [0.29, 0.717) is 18.4 Å². The summed E-state index contributed by atoms with van der Waals surface area (Å²) >= 11 is 0. The first kappa shape index (κ1) is 12.5. The Morgan fingerprint density at radius 3 is 2.67 bits per heavy atom. The van der Waals surface area contributed by atoms with Crippen molar-refractivity contribution in [3.05, 3.63) is 0 Å². The second kappa shape index (κ2) is 5.50. The lowest BCUT2D eigenvalue weighted by Gasteiger charge is -2.28. The van der Waals surface area contributed by atoms with Gasteiger partial charge in [-0.25, -0.2) is 0 Å². The minimum absolute atomic E-state index is 0.265. The van der Waals surface area contributed by atoms with E-state index in [1.807, 2.05) is 4.90 Å². The molecule has 0 bridgehead atoms. The van der Waals surface area contributed by atoms with Crippen LogP contribution in [0.2, 0.25) is 0 Å². The van der Waals surface area contributed by atoms with Crippen molar-refractivity contribution in [2.45, 2.75) is 46.7 Å². The molecule has 88 valence electrons. The van der Waals surface area contributed by atoms with E-state index >= 15 is 0 Å². The molecule has 0 aromatic heterocycles. The predicted octanol–water partition coefficient (Wildman–Crippen LogP) is 1.84. The van der Waals surface area contributed by atoms with Gasteiger partial charge in [0.2, 0.25) is 5.91 Å². The van der Waals surface area contributed by atoms with Gasteiger partial charge in [0, 0.05) is 6.54 Å². The van der Waals surface area contributed by atoms with Gasteiger partial charge < -0.3 is 4.90 Å². The highest BCUT2D eigenvalue weighted by atomic mass is 16.2. The van der Waals surface area contributed by atoms with Crippen molar-refractivity contribution in [2.24, 2.45) is 11.8 Å². The van der Waals surface area contributed by atoms with Crippen LogP contribution in [0.3, 0.4) is 0 Å². The van der Waals surface area contributed by atoms with E-state index in [2.05, 4.69) is 33.0 Å². The summed E-state index contributed by atoms with van der Waals surface area (Å²) in [4.78, 5) is 13.7. The average Bonchev–Trinajstić information content (AvgIpc) is 2.49. The van der Waals surface area contributed by atoms with Crippen molar-refractivity contribution in [3.8, 4) is 0 Å². The van der Waals surface area contributed by atoms with E-state index in [1.54, 1.807) is 0 Å². The lowest BCUT2D eigenvalue weighted by molar-refractivity contribution is -0.128. The van der Waals surface area contributed by atoms with E-state index in [4.69, 9.17) is 0 Å². The summed E-state index contributed by atoms with van der Waals surface area (Å²) in [5.74, 6) is 1.50. The summed E-state index contributed by atoms with van der Waals surface area (Å²) in [5, 5.41) is 3.29. The predicted molar refractivity (Wildman–Crippen MR) is 62.4 cm³/mol. The van der Waals surface area contributed by atoms with Crippen LogP contribution in [-0.2, 0) is 4.79 Å². The minimum atomic E-state index is 0.265. The number of carbonyl (C=O) groups is 1. The van der Waals surface area contributed by atoms with Gasteiger partial charge >= 0.3 is 0 Å². The Morgan fingerprint density at radius 1 is 1.47 bits per heavy atom. The molecule has 1 rings (SSSR count). The van der Waals surface area contributed by atoms with Gasteiger partial charge in [0.1, 0.15) is 0 Å².